The molecular formula is C22H20N4O2S. The predicted octanol–water partition coefficient (Wildman–Crippen LogP) is 3.26. The maximum atomic E-state index is 13.2. The van der Waals surface area contributed by atoms with Gasteiger partial charge in [0, 0.05) is 6.04 Å². The molecule has 0 spiro atoms. The first-order chi connectivity index (χ1) is 14.1. The summed E-state index contributed by atoms with van der Waals surface area (Å²) in [5.41, 5.74) is 1.52. The van der Waals surface area contributed by atoms with Crippen molar-refractivity contribution < 1.29 is 4.79 Å². The number of hydrogen-bond donors (Lipinski definition) is 1. The zero-order valence-electron chi connectivity index (χ0n) is 16.0. The second-order valence-electron chi connectivity index (χ2n) is 7.19. The van der Waals surface area contributed by atoms with Crippen molar-refractivity contribution >= 4 is 28.6 Å². The van der Waals surface area contributed by atoms with Gasteiger partial charge in [-0.3, -0.25) is 14.2 Å². The lowest BCUT2D eigenvalue weighted by atomic mass is 10.2. The van der Waals surface area contributed by atoms with Crippen molar-refractivity contribution in [3.63, 3.8) is 0 Å². The number of fused-ring (bicyclic) bond motifs is 1. The second-order valence-corrected chi connectivity index (χ2v) is 8.14. The molecule has 29 heavy (non-hydrogen) atoms. The van der Waals surface area contributed by atoms with Crippen LogP contribution in [0.1, 0.15) is 25.3 Å². The van der Waals surface area contributed by atoms with E-state index in [1.807, 2.05) is 13.0 Å². The summed E-state index contributed by atoms with van der Waals surface area (Å²) in [5, 5.41) is 13.0. The Morgan fingerprint density at radius 1 is 1.28 bits per heavy atom. The summed E-state index contributed by atoms with van der Waals surface area (Å²) in [7, 11) is 0. The zero-order valence-corrected chi connectivity index (χ0v) is 16.8. The highest BCUT2D eigenvalue weighted by atomic mass is 32.2. The summed E-state index contributed by atoms with van der Waals surface area (Å²) in [6.45, 7) is 2.03. The number of rotatable bonds is 6. The number of amides is 1. The first-order valence-electron chi connectivity index (χ1n) is 9.51. The molecular weight excluding hydrogens is 384 g/mol. The van der Waals surface area contributed by atoms with Gasteiger partial charge in [0.25, 0.3) is 5.56 Å². The number of hydrogen-bond acceptors (Lipinski definition) is 5. The Morgan fingerprint density at radius 2 is 2.00 bits per heavy atom. The highest BCUT2D eigenvalue weighted by molar-refractivity contribution is 7.99. The molecule has 4 rings (SSSR count). The van der Waals surface area contributed by atoms with Crippen LogP contribution in [0.15, 0.2) is 58.5 Å². The van der Waals surface area contributed by atoms with Crippen LogP contribution < -0.4 is 10.9 Å². The Labute approximate surface area is 172 Å². The molecule has 1 fully saturated rings. The first-order valence-corrected chi connectivity index (χ1v) is 10.5. The van der Waals surface area contributed by atoms with Gasteiger partial charge in [0.2, 0.25) is 5.91 Å². The smallest absolute Gasteiger partial charge is 0.266 e. The molecule has 1 saturated carbocycles. The molecule has 1 aliphatic carbocycles. The largest absolute Gasteiger partial charge is 0.353 e. The third-order valence-electron chi connectivity index (χ3n) is 5.05. The predicted molar refractivity (Wildman–Crippen MR) is 113 cm³/mol. The van der Waals surface area contributed by atoms with Gasteiger partial charge in [-0.15, -0.1) is 0 Å². The van der Waals surface area contributed by atoms with Gasteiger partial charge in [0.1, 0.15) is 0 Å². The summed E-state index contributed by atoms with van der Waals surface area (Å²) >= 11 is 1.24. The fraction of sp³-hybridized carbons (Fsp3) is 0.273. The molecule has 1 aliphatic rings. The third kappa shape index (κ3) is 4.17. The lowest BCUT2D eigenvalue weighted by molar-refractivity contribution is -0.119. The summed E-state index contributed by atoms with van der Waals surface area (Å²) < 4.78 is 1.51. The molecule has 2 aromatic carbocycles. The van der Waals surface area contributed by atoms with E-state index in [0.717, 1.165) is 0 Å². The molecule has 1 amide bonds. The second kappa shape index (κ2) is 8.10. The fourth-order valence-electron chi connectivity index (χ4n) is 3.26. The Balaban J connectivity index is 1.68. The number of carbonyl (C=O) groups excluding carboxylic acids is 1. The van der Waals surface area contributed by atoms with E-state index < -0.39 is 0 Å². The highest BCUT2D eigenvalue weighted by Gasteiger charge is 2.28. The summed E-state index contributed by atoms with van der Waals surface area (Å²) in [5.74, 6) is 0.695. The van der Waals surface area contributed by atoms with E-state index in [2.05, 4.69) is 16.4 Å². The standard InChI is InChI=1S/C22H20N4O2S/c1-14(16-8-9-16)24-20(27)13-29-22-25-19-5-3-2-4-18(19)21(28)26(22)17-10-6-15(12-23)7-11-17/h2-7,10-11,14,16H,8-9,13H2,1H3,(H,24,27). The van der Waals surface area contributed by atoms with Crippen molar-refractivity contribution in [2.24, 2.45) is 5.92 Å². The molecule has 3 aromatic rings. The molecule has 0 bridgehead atoms. The minimum absolute atomic E-state index is 0.0665. The molecule has 146 valence electrons. The van der Waals surface area contributed by atoms with Gasteiger partial charge in [-0.2, -0.15) is 5.26 Å². The Kier molecular flexibility index (Phi) is 5.36. The molecule has 1 N–H and O–H groups in total. The molecule has 0 saturated heterocycles. The van der Waals surface area contributed by atoms with E-state index in [-0.39, 0.29) is 23.3 Å². The Bertz CT molecular complexity index is 1160. The van der Waals surface area contributed by atoms with Crippen LogP contribution in [-0.4, -0.2) is 27.3 Å². The van der Waals surface area contributed by atoms with E-state index in [4.69, 9.17) is 5.26 Å². The number of nitriles is 1. The molecule has 6 nitrogen and oxygen atoms in total. The van der Waals surface area contributed by atoms with Gasteiger partial charge in [0.15, 0.2) is 5.16 Å². The summed E-state index contributed by atoms with van der Waals surface area (Å²) in [6, 6.07) is 16.2. The van der Waals surface area contributed by atoms with Gasteiger partial charge in [-0.25, -0.2) is 4.98 Å². The molecule has 1 heterocycles. The summed E-state index contributed by atoms with van der Waals surface area (Å²) in [6.07, 6.45) is 2.33. The van der Waals surface area contributed by atoms with Gasteiger partial charge in [-0.1, -0.05) is 23.9 Å². The van der Waals surface area contributed by atoms with Gasteiger partial charge in [0.05, 0.1) is 34.0 Å². The Hall–Kier alpha value is -3.11. The van der Waals surface area contributed by atoms with Crippen LogP contribution in [0.25, 0.3) is 16.6 Å². The van der Waals surface area contributed by atoms with E-state index in [0.29, 0.717) is 33.2 Å². The zero-order chi connectivity index (χ0) is 20.4. The van der Waals surface area contributed by atoms with Crippen molar-refractivity contribution in [3.8, 4) is 11.8 Å². The quantitative estimate of drug-likeness (QED) is 0.503. The van der Waals surface area contributed by atoms with E-state index in [1.165, 1.54) is 29.2 Å². The Morgan fingerprint density at radius 3 is 2.69 bits per heavy atom. The van der Waals surface area contributed by atoms with Crippen molar-refractivity contribution in [3.05, 3.63) is 64.4 Å². The SMILES string of the molecule is CC(NC(=O)CSc1nc2ccccc2c(=O)n1-c1ccc(C#N)cc1)C1CC1. The van der Waals surface area contributed by atoms with Gasteiger partial charge in [-0.05, 0) is 62.1 Å². The normalized spacial score (nSPS) is 14.3. The van der Waals surface area contributed by atoms with Crippen LogP contribution in [0.2, 0.25) is 0 Å². The van der Waals surface area contributed by atoms with Crippen LogP contribution in [0.3, 0.4) is 0 Å². The van der Waals surface area contributed by atoms with Gasteiger partial charge >= 0.3 is 0 Å². The number of nitrogens with zero attached hydrogens (tertiary/aromatic N) is 3. The number of benzene rings is 2. The average molecular weight is 404 g/mol. The van der Waals surface area contributed by atoms with E-state index >= 15 is 0 Å². The van der Waals surface area contributed by atoms with Crippen LogP contribution in [-0.2, 0) is 4.79 Å². The van der Waals surface area contributed by atoms with E-state index in [1.54, 1.807) is 42.5 Å². The molecule has 1 unspecified atom stereocenters. The highest BCUT2D eigenvalue weighted by Crippen LogP contribution is 2.32. The number of thioether (sulfide) groups is 1. The van der Waals surface area contributed by atoms with Crippen LogP contribution in [0.4, 0.5) is 0 Å². The maximum absolute atomic E-state index is 13.2. The average Bonchev–Trinajstić information content (AvgIpc) is 3.58. The van der Waals surface area contributed by atoms with Crippen LogP contribution in [0, 0.1) is 17.2 Å². The van der Waals surface area contributed by atoms with Crippen LogP contribution in [0.5, 0.6) is 0 Å². The van der Waals surface area contributed by atoms with Crippen molar-refractivity contribution in [1.29, 1.82) is 5.26 Å². The van der Waals surface area contributed by atoms with E-state index in [9.17, 15) is 9.59 Å². The minimum atomic E-state index is -0.199. The molecule has 1 aromatic heterocycles. The summed E-state index contributed by atoms with van der Waals surface area (Å²) in [4.78, 5) is 30.2. The lowest BCUT2D eigenvalue weighted by Gasteiger charge is -2.15. The molecule has 1 atom stereocenters. The van der Waals surface area contributed by atoms with Crippen molar-refractivity contribution in [1.82, 2.24) is 14.9 Å². The minimum Gasteiger partial charge on any atom is -0.353 e. The number of para-hydroxylation sites is 1. The molecule has 7 heteroatoms. The van der Waals surface area contributed by atoms with Crippen LogP contribution >= 0.6 is 11.8 Å². The monoisotopic (exact) mass is 404 g/mol. The number of carbonyl (C=O) groups is 1. The fourth-order valence-corrected chi connectivity index (χ4v) is 4.09. The topological polar surface area (TPSA) is 87.8 Å². The molecule has 0 aliphatic heterocycles. The lowest BCUT2D eigenvalue weighted by Crippen LogP contribution is -2.35. The number of aromatic nitrogens is 2. The van der Waals surface area contributed by atoms with Crippen molar-refractivity contribution in [2.75, 3.05) is 5.75 Å². The van der Waals surface area contributed by atoms with Gasteiger partial charge < -0.3 is 5.32 Å². The first kappa shape index (κ1) is 19.2. The van der Waals surface area contributed by atoms with Crippen molar-refractivity contribution in [2.45, 2.75) is 31.0 Å². The molecule has 0 radical (unpaired) electrons. The maximum Gasteiger partial charge on any atom is 0.266 e. The third-order valence-corrected chi connectivity index (χ3v) is 5.99. The number of nitrogens with one attached hydrogen (secondary N) is 1.